The number of fused-ring (bicyclic) bond motifs is 1. The molecule has 0 unspecified atom stereocenters. The zero-order valence-electron chi connectivity index (χ0n) is 10.8. The molecule has 6 heteroatoms. The lowest BCUT2D eigenvalue weighted by Gasteiger charge is -2.06. The number of carbonyl (C=O) groups excluding carboxylic acids is 1. The lowest BCUT2D eigenvalue weighted by atomic mass is 10.1. The number of rotatable bonds is 2. The molecule has 6 nitrogen and oxygen atoms in total. The highest BCUT2D eigenvalue weighted by Crippen LogP contribution is 2.20. The van der Waals surface area contributed by atoms with E-state index in [9.17, 15) is 4.79 Å². The largest absolute Gasteiger partial charge is 0.497 e. The normalized spacial score (nSPS) is 12.9. The number of hydrogen-bond donors (Lipinski definition) is 2. The molecule has 1 aromatic carbocycles. The van der Waals surface area contributed by atoms with Crippen LogP contribution in [0.1, 0.15) is 16.1 Å². The van der Waals surface area contributed by atoms with Crippen molar-refractivity contribution in [2.45, 2.75) is 0 Å². The minimum Gasteiger partial charge on any atom is -0.497 e. The SMILES string of the molecule is COc1ccc(-c2ncc3c(n2)C=CNNC3=O)cc1. The van der Waals surface area contributed by atoms with E-state index in [0.29, 0.717) is 17.1 Å². The number of nitrogens with one attached hydrogen (secondary N) is 2. The van der Waals surface area contributed by atoms with Crippen LogP contribution in [-0.4, -0.2) is 23.0 Å². The van der Waals surface area contributed by atoms with Gasteiger partial charge in [0, 0.05) is 18.0 Å². The number of ether oxygens (including phenoxy) is 1. The molecule has 1 aliphatic rings. The highest BCUT2D eigenvalue weighted by atomic mass is 16.5. The number of aromatic nitrogens is 2. The molecule has 20 heavy (non-hydrogen) atoms. The molecule has 1 amide bonds. The van der Waals surface area contributed by atoms with Crippen LogP contribution in [0.3, 0.4) is 0 Å². The summed E-state index contributed by atoms with van der Waals surface area (Å²) in [6.45, 7) is 0. The number of benzene rings is 1. The maximum Gasteiger partial charge on any atom is 0.273 e. The van der Waals surface area contributed by atoms with Crippen molar-refractivity contribution in [2.24, 2.45) is 0 Å². The van der Waals surface area contributed by atoms with Crippen molar-refractivity contribution in [3.05, 3.63) is 47.9 Å². The van der Waals surface area contributed by atoms with Gasteiger partial charge in [-0.25, -0.2) is 9.97 Å². The van der Waals surface area contributed by atoms with Crippen LogP contribution in [-0.2, 0) is 0 Å². The van der Waals surface area contributed by atoms with Crippen molar-refractivity contribution >= 4 is 12.0 Å². The lowest BCUT2D eigenvalue weighted by Crippen LogP contribution is -2.32. The number of methoxy groups -OCH3 is 1. The van der Waals surface area contributed by atoms with Gasteiger partial charge >= 0.3 is 0 Å². The van der Waals surface area contributed by atoms with Gasteiger partial charge in [-0.05, 0) is 30.3 Å². The predicted octanol–water partition coefficient (Wildman–Crippen LogP) is 1.37. The Balaban J connectivity index is 2.02. The van der Waals surface area contributed by atoms with Crippen molar-refractivity contribution < 1.29 is 9.53 Å². The van der Waals surface area contributed by atoms with E-state index < -0.39 is 0 Å². The Morgan fingerprint density at radius 3 is 2.75 bits per heavy atom. The first-order chi connectivity index (χ1) is 9.78. The monoisotopic (exact) mass is 268 g/mol. The molecule has 0 aliphatic carbocycles. The van der Waals surface area contributed by atoms with Gasteiger partial charge in [0.1, 0.15) is 5.75 Å². The Labute approximate surface area is 115 Å². The Bertz CT molecular complexity index is 680. The van der Waals surface area contributed by atoms with E-state index in [2.05, 4.69) is 20.8 Å². The van der Waals surface area contributed by atoms with Gasteiger partial charge in [0.05, 0.1) is 18.4 Å². The van der Waals surface area contributed by atoms with Gasteiger partial charge < -0.3 is 10.2 Å². The molecule has 1 aliphatic heterocycles. The predicted molar refractivity (Wildman–Crippen MR) is 73.7 cm³/mol. The van der Waals surface area contributed by atoms with Crippen LogP contribution >= 0.6 is 0 Å². The van der Waals surface area contributed by atoms with Crippen LogP contribution in [0.4, 0.5) is 0 Å². The van der Waals surface area contributed by atoms with Crippen molar-refractivity contribution in [1.82, 2.24) is 20.8 Å². The summed E-state index contributed by atoms with van der Waals surface area (Å²) in [5.41, 5.74) is 7.03. The molecule has 0 fully saturated rings. The van der Waals surface area contributed by atoms with Gasteiger partial charge in [0.25, 0.3) is 5.91 Å². The zero-order chi connectivity index (χ0) is 13.9. The summed E-state index contributed by atoms with van der Waals surface area (Å²) in [6, 6.07) is 7.43. The Morgan fingerprint density at radius 1 is 1.20 bits per heavy atom. The fourth-order valence-electron chi connectivity index (χ4n) is 1.87. The minimum absolute atomic E-state index is 0.258. The van der Waals surface area contributed by atoms with Gasteiger partial charge in [0.15, 0.2) is 5.82 Å². The average molecular weight is 268 g/mol. The Hall–Kier alpha value is -2.89. The molecule has 2 aromatic rings. The van der Waals surface area contributed by atoms with E-state index in [1.165, 1.54) is 6.20 Å². The number of hydrazine groups is 1. The average Bonchev–Trinajstić information content (AvgIpc) is 2.69. The number of nitrogens with zero attached hydrogens (tertiary/aromatic N) is 2. The summed E-state index contributed by atoms with van der Waals surface area (Å²) in [5.74, 6) is 1.07. The second-order valence-corrected chi connectivity index (χ2v) is 4.15. The van der Waals surface area contributed by atoms with Crippen LogP contribution in [0.2, 0.25) is 0 Å². The molecule has 0 saturated heterocycles. The molecule has 0 spiro atoms. The summed E-state index contributed by atoms with van der Waals surface area (Å²) in [4.78, 5) is 20.4. The third-order valence-electron chi connectivity index (χ3n) is 2.92. The summed E-state index contributed by atoms with van der Waals surface area (Å²) in [6.07, 6.45) is 4.87. The zero-order valence-corrected chi connectivity index (χ0v) is 10.8. The topological polar surface area (TPSA) is 76.1 Å². The smallest absolute Gasteiger partial charge is 0.273 e. The van der Waals surface area contributed by atoms with E-state index in [4.69, 9.17) is 4.74 Å². The van der Waals surface area contributed by atoms with Gasteiger partial charge in [-0.3, -0.25) is 10.2 Å². The third-order valence-corrected chi connectivity index (χ3v) is 2.92. The van der Waals surface area contributed by atoms with Gasteiger partial charge in [0.2, 0.25) is 0 Å². The van der Waals surface area contributed by atoms with E-state index in [-0.39, 0.29) is 5.91 Å². The summed E-state index contributed by atoms with van der Waals surface area (Å²) in [5, 5.41) is 0. The molecule has 0 radical (unpaired) electrons. The molecule has 1 aromatic heterocycles. The van der Waals surface area contributed by atoms with Crippen LogP contribution in [0.15, 0.2) is 36.7 Å². The van der Waals surface area contributed by atoms with E-state index >= 15 is 0 Å². The molecular formula is C14H12N4O2. The summed E-state index contributed by atoms with van der Waals surface area (Å²) in [7, 11) is 1.62. The fraction of sp³-hybridized carbons (Fsp3) is 0.0714. The van der Waals surface area contributed by atoms with Crippen LogP contribution in [0.25, 0.3) is 17.5 Å². The van der Waals surface area contributed by atoms with E-state index in [1.807, 2.05) is 24.3 Å². The third kappa shape index (κ3) is 2.18. The van der Waals surface area contributed by atoms with Crippen LogP contribution < -0.4 is 15.6 Å². The van der Waals surface area contributed by atoms with Gasteiger partial charge in [-0.2, -0.15) is 0 Å². The van der Waals surface area contributed by atoms with Gasteiger partial charge in [-0.15, -0.1) is 0 Å². The summed E-state index contributed by atoms with van der Waals surface area (Å²) >= 11 is 0. The van der Waals surface area contributed by atoms with Crippen molar-refractivity contribution in [2.75, 3.05) is 7.11 Å². The molecule has 2 N–H and O–H groups in total. The second kappa shape index (κ2) is 5.00. The van der Waals surface area contributed by atoms with E-state index in [1.54, 1.807) is 19.4 Å². The van der Waals surface area contributed by atoms with Crippen molar-refractivity contribution in [3.8, 4) is 17.1 Å². The first-order valence-corrected chi connectivity index (χ1v) is 6.02. The number of amides is 1. The van der Waals surface area contributed by atoms with E-state index in [0.717, 1.165) is 11.3 Å². The fourth-order valence-corrected chi connectivity index (χ4v) is 1.87. The molecular weight excluding hydrogens is 256 g/mol. The highest BCUT2D eigenvalue weighted by molar-refractivity contribution is 5.97. The lowest BCUT2D eigenvalue weighted by molar-refractivity contribution is 0.0941. The summed E-state index contributed by atoms with van der Waals surface area (Å²) < 4.78 is 5.11. The Kier molecular flexibility index (Phi) is 3.04. The number of carbonyl (C=O) groups is 1. The maximum atomic E-state index is 11.7. The van der Waals surface area contributed by atoms with Crippen molar-refractivity contribution in [3.63, 3.8) is 0 Å². The van der Waals surface area contributed by atoms with Crippen molar-refractivity contribution in [1.29, 1.82) is 0 Å². The molecule has 0 atom stereocenters. The first kappa shape index (κ1) is 12.2. The quantitative estimate of drug-likeness (QED) is 0.860. The maximum absolute atomic E-state index is 11.7. The molecule has 2 heterocycles. The number of hydrogen-bond acceptors (Lipinski definition) is 5. The first-order valence-electron chi connectivity index (χ1n) is 6.02. The highest BCUT2D eigenvalue weighted by Gasteiger charge is 2.15. The molecule has 0 saturated carbocycles. The van der Waals surface area contributed by atoms with Crippen LogP contribution in [0.5, 0.6) is 5.75 Å². The second-order valence-electron chi connectivity index (χ2n) is 4.15. The Morgan fingerprint density at radius 2 is 2.00 bits per heavy atom. The van der Waals surface area contributed by atoms with Gasteiger partial charge in [-0.1, -0.05) is 0 Å². The molecule has 0 bridgehead atoms. The molecule has 3 rings (SSSR count). The molecule has 100 valence electrons. The standard InChI is InChI=1S/C14H12N4O2/c1-20-10-4-2-9(3-5-10)13-15-8-11-12(17-13)6-7-16-18-14(11)19/h2-8,16H,1H3,(H,18,19). The minimum atomic E-state index is -0.258. The van der Waals surface area contributed by atoms with Crippen LogP contribution in [0, 0.1) is 0 Å².